The summed E-state index contributed by atoms with van der Waals surface area (Å²) >= 11 is 0. The second-order valence-corrected chi connectivity index (χ2v) is 3.32. The largest absolute Gasteiger partial charge is 0.474 e. The quantitative estimate of drug-likeness (QED) is 0.719. The van der Waals surface area contributed by atoms with Crippen LogP contribution >= 0.6 is 0 Å². The van der Waals surface area contributed by atoms with Gasteiger partial charge in [-0.1, -0.05) is 13.8 Å². The maximum atomic E-state index is 8.75. The van der Waals surface area contributed by atoms with Crippen molar-refractivity contribution < 1.29 is 4.74 Å². The van der Waals surface area contributed by atoms with Gasteiger partial charge in [0.25, 0.3) is 5.88 Å². The highest BCUT2D eigenvalue weighted by Crippen LogP contribution is 2.10. The van der Waals surface area contributed by atoms with Crippen molar-refractivity contribution in [2.45, 2.75) is 19.9 Å². The zero-order valence-corrected chi connectivity index (χ0v) is 8.90. The molecule has 0 saturated heterocycles. The Morgan fingerprint density at radius 1 is 1.60 bits per heavy atom. The molecule has 0 aliphatic carbocycles. The number of rotatable bonds is 5. The fourth-order valence-electron chi connectivity index (χ4n) is 1.01. The molecule has 0 aliphatic rings. The highest BCUT2D eigenvalue weighted by molar-refractivity contribution is 5.35. The predicted molar refractivity (Wildman–Crippen MR) is 55.4 cm³/mol. The molecule has 80 valence electrons. The standard InChI is InChI=1S/C10H14N4O/c1-8(2)12-5-6-15-10-9(7-11)3-4-13-14-10/h3-4,8,12H,5-6H2,1-2H3. The summed E-state index contributed by atoms with van der Waals surface area (Å²) in [6.45, 7) is 5.32. The average Bonchev–Trinajstić information content (AvgIpc) is 2.24. The van der Waals surface area contributed by atoms with Crippen LogP contribution in [0.4, 0.5) is 0 Å². The summed E-state index contributed by atoms with van der Waals surface area (Å²) in [5, 5.41) is 19.4. The third-order valence-electron chi connectivity index (χ3n) is 1.70. The van der Waals surface area contributed by atoms with Crippen LogP contribution in [0.1, 0.15) is 19.4 Å². The van der Waals surface area contributed by atoms with Crippen molar-refractivity contribution in [3.63, 3.8) is 0 Å². The minimum absolute atomic E-state index is 0.297. The Morgan fingerprint density at radius 3 is 3.07 bits per heavy atom. The van der Waals surface area contributed by atoms with E-state index in [-0.39, 0.29) is 0 Å². The van der Waals surface area contributed by atoms with Crippen molar-refractivity contribution in [1.29, 1.82) is 5.26 Å². The Balaban J connectivity index is 2.41. The maximum absolute atomic E-state index is 8.75. The molecule has 1 aromatic rings. The molecule has 0 aliphatic heterocycles. The Labute approximate surface area is 89.1 Å². The van der Waals surface area contributed by atoms with E-state index in [1.165, 1.54) is 6.20 Å². The van der Waals surface area contributed by atoms with E-state index in [9.17, 15) is 0 Å². The SMILES string of the molecule is CC(C)NCCOc1nnccc1C#N. The van der Waals surface area contributed by atoms with Crippen molar-refractivity contribution >= 4 is 0 Å². The van der Waals surface area contributed by atoms with E-state index >= 15 is 0 Å². The Morgan fingerprint density at radius 2 is 2.40 bits per heavy atom. The molecule has 0 bridgehead atoms. The van der Waals surface area contributed by atoms with Gasteiger partial charge < -0.3 is 10.1 Å². The van der Waals surface area contributed by atoms with Crippen LogP contribution < -0.4 is 10.1 Å². The van der Waals surface area contributed by atoms with E-state index in [4.69, 9.17) is 10.00 Å². The predicted octanol–water partition coefficient (Wildman–Crippen LogP) is 0.725. The number of ether oxygens (including phenoxy) is 1. The minimum Gasteiger partial charge on any atom is -0.474 e. The molecule has 0 spiro atoms. The topological polar surface area (TPSA) is 70.8 Å². The Hall–Kier alpha value is -1.67. The molecule has 1 heterocycles. The molecule has 5 heteroatoms. The van der Waals surface area contributed by atoms with E-state index in [1.807, 2.05) is 6.07 Å². The van der Waals surface area contributed by atoms with Gasteiger partial charge in [0.15, 0.2) is 0 Å². The van der Waals surface area contributed by atoms with Gasteiger partial charge >= 0.3 is 0 Å². The van der Waals surface area contributed by atoms with Crippen LogP contribution in [0, 0.1) is 11.3 Å². The Bertz CT molecular complexity index is 346. The normalized spacial score (nSPS) is 10.0. The van der Waals surface area contributed by atoms with Gasteiger partial charge in [0.1, 0.15) is 18.2 Å². The molecule has 0 amide bonds. The second-order valence-electron chi connectivity index (χ2n) is 3.32. The molecule has 1 aromatic heterocycles. The molecular formula is C10H14N4O. The molecule has 1 rings (SSSR count). The van der Waals surface area contributed by atoms with E-state index in [2.05, 4.69) is 29.4 Å². The fourth-order valence-corrected chi connectivity index (χ4v) is 1.01. The zero-order chi connectivity index (χ0) is 11.1. The summed E-state index contributed by atoms with van der Waals surface area (Å²) < 4.78 is 5.32. The second kappa shape index (κ2) is 5.94. The summed E-state index contributed by atoms with van der Waals surface area (Å²) in [4.78, 5) is 0. The zero-order valence-electron chi connectivity index (χ0n) is 8.90. The van der Waals surface area contributed by atoms with E-state index in [0.29, 0.717) is 24.1 Å². The third-order valence-corrected chi connectivity index (χ3v) is 1.70. The van der Waals surface area contributed by atoms with Gasteiger partial charge in [-0.05, 0) is 6.07 Å². The summed E-state index contributed by atoms with van der Waals surface area (Å²) in [6.07, 6.45) is 1.47. The first-order valence-corrected chi connectivity index (χ1v) is 4.82. The van der Waals surface area contributed by atoms with Gasteiger partial charge in [-0.2, -0.15) is 10.4 Å². The molecule has 5 nitrogen and oxygen atoms in total. The lowest BCUT2D eigenvalue weighted by atomic mass is 10.3. The first-order valence-electron chi connectivity index (χ1n) is 4.82. The van der Waals surface area contributed by atoms with Crippen molar-refractivity contribution in [1.82, 2.24) is 15.5 Å². The van der Waals surface area contributed by atoms with E-state index in [1.54, 1.807) is 6.07 Å². The van der Waals surface area contributed by atoms with Crippen LogP contribution in [0.2, 0.25) is 0 Å². The molecule has 0 atom stereocenters. The van der Waals surface area contributed by atoms with Crippen molar-refractivity contribution in [3.05, 3.63) is 17.8 Å². The number of nitrogens with zero attached hydrogens (tertiary/aromatic N) is 3. The molecule has 15 heavy (non-hydrogen) atoms. The van der Waals surface area contributed by atoms with Crippen LogP contribution in [0.15, 0.2) is 12.3 Å². The van der Waals surface area contributed by atoms with Crippen LogP contribution in [0.25, 0.3) is 0 Å². The maximum Gasteiger partial charge on any atom is 0.251 e. The molecule has 0 aromatic carbocycles. The number of nitriles is 1. The van der Waals surface area contributed by atoms with E-state index < -0.39 is 0 Å². The minimum atomic E-state index is 0.297. The van der Waals surface area contributed by atoms with Gasteiger partial charge in [-0.25, -0.2) is 0 Å². The van der Waals surface area contributed by atoms with Crippen molar-refractivity contribution in [2.24, 2.45) is 0 Å². The summed E-state index contributed by atoms with van der Waals surface area (Å²) in [7, 11) is 0. The van der Waals surface area contributed by atoms with Gasteiger partial charge in [-0.3, -0.25) is 0 Å². The lowest BCUT2D eigenvalue weighted by Gasteiger charge is -2.08. The molecule has 1 N–H and O–H groups in total. The van der Waals surface area contributed by atoms with Gasteiger partial charge in [0.05, 0.1) is 6.20 Å². The van der Waals surface area contributed by atoms with Crippen LogP contribution in [0.3, 0.4) is 0 Å². The average molecular weight is 206 g/mol. The van der Waals surface area contributed by atoms with Gasteiger partial charge in [0, 0.05) is 12.6 Å². The first kappa shape index (κ1) is 11.4. The summed E-state index contributed by atoms with van der Waals surface area (Å²) in [6, 6.07) is 4.00. The summed E-state index contributed by atoms with van der Waals surface area (Å²) in [5.41, 5.74) is 0.412. The molecular weight excluding hydrogens is 192 g/mol. The summed E-state index contributed by atoms with van der Waals surface area (Å²) in [5.74, 6) is 0.297. The molecule has 0 radical (unpaired) electrons. The van der Waals surface area contributed by atoms with Gasteiger partial charge in [0.2, 0.25) is 0 Å². The van der Waals surface area contributed by atoms with Crippen molar-refractivity contribution in [2.75, 3.05) is 13.2 Å². The van der Waals surface area contributed by atoms with Crippen LogP contribution in [0.5, 0.6) is 5.88 Å². The number of hydrogen-bond donors (Lipinski definition) is 1. The smallest absolute Gasteiger partial charge is 0.251 e. The van der Waals surface area contributed by atoms with Gasteiger partial charge in [-0.15, -0.1) is 5.10 Å². The first-order chi connectivity index (χ1) is 7.24. The highest BCUT2D eigenvalue weighted by Gasteiger charge is 2.03. The lowest BCUT2D eigenvalue weighted by Crippen LogP contribution is -2.27. The fraction of sp³-hybridized carbons (Fsp3) is 0.500. The molecule has 0 saturated carbocycles. The van der Waals surface area contributed by atoms with E-state index in [0.717, 1.165) is 6.54 Å². The molecule has 0 fully saturated rings. The van der Waals surface area contributed by atoms with Crippen LogP contribution in [-0.4, -0.2) is 29.4 Å². The molecule has 0 unspecified atom stereocenters. The lowest BCUT2D eigenvalue weighted by molar-refractivity contribution is 0.293. The highest BCUT2D eigenvalue weighted by atomic mass is 16.5. The van der Waals surface area contributed by atoms with Crippen LogP contribution in [-0.2, 0) is 0 Å². The number of aromatic nitrogens is 2. The monoisotopic (exact) mass is 206 g/mol. The third kappa shape index (κ3) is 3.92. The number of hydrogen-bond acceptors (Lipinski definition) is 5. The Kier molecular flexibility index (Phi) is 4.51. The number of nitrogens with one attached hydrogen (secondary N) is 1. The van der Waals surface area contributed by atoms with Crippen molar-refractivity contribution in [3.8, 4) is 11.9 Å².